The van der Waals surface area contributed by atoms with Crippen LogP contribution in [0.15, 0.2) is 0 Å². The number of hydrogen-bond donors (Lipinski definition) is 2. The fourth-order valence-corrected chi connectivity index (χ4v) is 2.22. The lowest BCUT2D eigenvalue weighted by Crippen LogP contribution is -2.31. The van der Waals surface area contributed by atoms with Crippen LogP contribution in [0.2, 0.25) is 0 Å². The van der Waals surface area contributed by atoms with Crippen LogP contribution in [0.25, 0.3) is 0 Å². The summed E-state index contributed by atoms with van der Waals surface area (Å²) >= 11 is 0. The molecule has 102 valence electrons. The minimum atomic E-state index is -0.706. The zero-order valence-electron chi connectivity index (χ0n) is 11.8. The Morgan fingerprint density at radius 1 is 1.06 bits per heavy atom. The lowest BCUT2D eigenvalue weighted by molar-refractivity contribution is -0.150. The third-order valence-corrected chi connectivity index (χ3v) is 3.53. The van der Waals surface area contributed by atoms with Crippen LogP contribution in [0.3, 0.4) is 0 Å². The molecule has 0 heterocycles. The van der Waals surface area contributed by atoms with Crippen molar-refractivity contribution in [1.29, 1.82) is 0 Å². The molecule has 0 aromatic carbocycles. The third kappa shape index (κ3) is 6.06. The molecule has 0 rings (SSSR count). The van der Waals surface area contributed by atoms with Crippen LogP contribution in [0.4, 0.5) is 0 Å². The molecule has 0 amide bonds. The summed E-state index contributed by atoms with van der Waals surface area (Å²) in [6.07, 6.45) is 4.51. The number of carboxylic acid groups (broad SMARTS) is 1. The van der Waals surface area contributed by atoms with Gasteiger partial charge in [0.25, 0.3) is 0 Å². The van der Waals surface area contributed by atoms with Crippen molar-refractivity contribution in [1.82, 2.24) is 0 Å². The molecule has 0 aromatic heterocycles. The standard InChI is InChI=1S/C14H28O3/c1-5-14(12(16)17,10-7-11-15)9-6-8-13(2,3)4/h15H,5-11H2,1-4H3,(H,16,17). The Kier molecular flexibility index (Phi) is 6.76. The Balaban J connectivity index is 4.42. The smallest absolute Gasteiger partial charge is 0.309 e. The van der Waals surface area contributed by atoms with Gasteiger partial charge in [-0.1, -0.05) is 34.1 Å². The van der Waals surface area contributed by atoms with Crippen molar-refractivity contribution >= 4 is 5.97 Å². The first kappa shape index (κ1) is 16.4. The summed E-state index contributed by atoms with van der Waals surface area (Å²) in [6.45, 7) is 8.54. The molecule has 0 spiro atoms. The van der Waals surface area contributed by atoms with Crippen molar-refractivity contribution in [3.8, 4) is 0 Å². The van der Waals surface area contributed by atoms with Gasteiger partial charge in [0.1, 0.15) is 0 Å². The average molecular weight is 244 g/mol. The molecule has 0 saturated heterocycles. The van der Waals surface area contributed by atoms with E-state index in [2.05, 4.69) is 20.8 Å². The highest BCUT2D eigenvalue weighted by Crippen LogP contribution is 2.36. The van der Waals surface area contributed by atoms with Crippen molar-refractivity contribution in [2.75, 3.05) is 6.61 Å². The van der Waals surface area contributed by atoms with Gasteiger partial charge in [0.05, 0.1) is 5.41 Å². The largest absolute Gasteiger partial charge is 0.481 e. The predicted molar refractivity (Wildman–Crippen MR) is 70.0 cm³/mol. The first-order chi connectivity index (χ1) is 7.77. The van der Waals surface area contributed by atoms with Crippen molar-refractivity contribution in [3.63, 3.8) is 0 Å². The number of hydrogen-bond acceptors (Lipinski definition) is 2. The van der Waals surface area contributed by atoms with E-state index in [4.69, 9.17) is 5.11 Å². The van der Waals surface area contributed by atoms with Gasteiger partial charge in [-0.3, -0.25) is 4.79 Å². The van der Waals surface area contributed by atoms with Gasteiger partial charge in [0.2, 0.25) is 0 Å². The summed E-state index contributed by atoms with van der Waals surface area (Å²) in [7, 11) is 0. The Bertz CT molecular complexity index is 230. The van der Waals surface area contributed by atoms with E-state index in [0.717, 1.165) is 19.3 Å². The molecule has 17 heavy (non-hydrogen) atoms. The summed E-state index contributed by atoms with van der Waals surface area (Å²) in [6, 6.07) is 0. The zero-order chi connectivity index (χ0) is 13.5. The normalized spacial score (nSPS) is 15.6. The first-order valence-corrected chi connectivity index (χ1v) is 6.62. The second-order valence-electron chi connectivity index (χ2n) is 6.18. The molecular weight excluding hydrogens is 216 g/mol. The highest BCUT2D eigenvalue weighted by molar-refractivity contribution is 5.74. The molecule has 0 aromatic rings. The van der Waals surface area contributed by atoms with E-state index >= 15 is 0 Å². The lowest BCUT2D eigenvalue weighted by atomic mass is 9.75. The van der Waals surface area contributed by atoms with Crippen LogP contribution in [0.1, 0.15) is 66.2 Å². The summed E-state index contributed by atoms with van der Waals surface area (Å²) < 4.78 is 0. The van der Waals surface area contributed by atoms with Gasteiger partial charge >= 0.3 is 5.97 Å². The van der Waals surface area contributed by atoms with Crippen molar-refractivity contribution < 1.29 is 15.0 Å². The summed E-state index contributed by atoms with van der Waals surface area (Å²) in [5, 5.41) is 18.3. The summed E-state index contributed by atoms with van der Waals surface area (Å²) in [5.41, 5.74) is -0.372. The number of aliphatic carboxylic acids is 1. The molecule has 2 N–H and O–H groups in total. The van der Waals surface area contributed by atoms with Crippen LogP contribution in [-0.4, -0.2) is 22.8 Å². The highest BCUT2D eigenvalue weighted by Gasteiger charge is 2.35. The SMILES string of the molecule is CCC(CCCO)(CCCC(C)(C)C)C(=O)O. The van der Waals surface area contributed by atoms with Gasteiger partial charge in [0, 0.05) is 6.61 Å². The maximum absolute atomic E-state index is 11.4. The van der Waals surface area contributed by atoms with Gasteiger partial charge in [-0.05, 0) is 37.5 Å². The molecule has 0 radical (unpaired) electrons. The topological polar surface area (TPSA) is 57.5 Å². The van der Waals surface area contributed by atoms with Gasteiger partial charge in [-0.2, -0.15) is 0 Å². The molecule has 0 bridgehead atoms. The van der Waals surface area contributed by atoms with Crippen LogP contribution < -0.4 is 0 Å². The lowest BCUT2D eigenvalue weighted by Gasteiger charge is -2.29. The van der Waals surface area contributed by atoms with Crippen molar-refractivity contribution in [3.05, 3.63) is 0 Å². The number of rotatable bonds is 8. The van der Waals surface area contributed by atoms with Crippen LogP contribution in [-0.2, 0) is 4.79 Å². The van der Waals surface area contributed by atoms with E-state index < -0.39 is 11.4 Å². The van der Waals surface area contributed by atoms with E-state index in [1.54, 1.807) is 0 Å². The molecular formula is C14H28O3. The van der Waals surface area contributed by atoms with E-state index in [0.29, 0.717) is 19.3 Å². The second-order valence-corrected chi connectivity index (χ2v) is 6.18. The molecule has 0 saturated carbocycles. The third-order valence-electron chi connectivity index (χ3n) is 3.53. The number of aliphatic hydroxyl groups is 1. The minimum Gasteiger partial charge on any atom is -0.481 e. The Hall–Kier alpha value is -0.570. The van der Waals surface area contributed by atoms with E-state index in [9.17, 15) is 9.90 Å². The molecule has 0 aliphatic rings. The summed E-state index contributed by atoms with van der Waals surface area (Å²) in [4.78, 5) is 11.4. The molecule has 3 heteroatoms. The molecule has 1 unspecified atom stereocenters. The quantitative estimate of drug-likeness (QED) is 0.687. The van der Waals surface area contributed by atoms with Crippen LogP contribution >= 0.6 is 0 Å². The van der Waals surface area contributed by atoms with Crippen LogP contribution in [0.5, 0.6) is 0 Å². The van der Waals surface area contributed by atoms with E-state index in [1.807, 2.05) is 6.92 Å². The first-order valence-electron chi connectivity index (χ1n) is 6.62. The Labute approximate surface area is 105 Å². The highest BCUT2D eigenvalue weighted by atomic mass is 16.4. The van der Waals surface area contributed by atoms with Gasteiger partial charge in [-0.15, -0.1) is 0 Å². The van der Waals surface area contributed by atoms with Gasteiger partial charge < -0.3 is 10.2 Å². The monoisotopic (exact) mass is 244 g/mol. The molecule has 0 aliphatic carbocycles. The summed E-state index contributed by atoms with van der Waals surface area (Å²) in [5.74, 6) is -0.706. The van der Waals surface area contributed by atoms with Crippen molar-refractivity contribution in [2.45, 2.75) is 66.2 Å². The van der Waals surface area contributed by atoms with Crippen LogP contribution in [0, 0.1) is 10.8 Å². The fraction of sp³-hybridized carbons (Fsp3) is 0.929. The van der Waals surface area contributed by atoms with Gasteiger partial charge in [0.15, 0.2) is 0 Å². The number of carbonyl (C=O) groups is 1. The number of aliphatic hydroxyl groups excluding tert-OH is 1. The minimum absolute atomic E-state index is 0.0777. The van der Waals surface area contributed by atoms with Crippen molar-refractivity contribution in [2.24, 2.45) is 10.8 Å². The maximum Gasteiger partial charge on any atom is 0.309 e. The molecule has 3 nitrogen and oxygen atoms in total. The number of carboxylic acids is 1. The second kappa shape index (κ2) is 7.00. The maximum atomic E-state index is 11.4. The predicted octanol–water partition coefficient (Wildman–Crippen LogP) is 3.46. The van der Waals surface area contributed by atoms with E-state index in [-0.39, 0.29) is 12.0 Å². The molecule has 0 fully saturated rings. The Morgan fingerprint density at radius 2 is 1.59 bits per heavy atom. The fourth-order valence-electron chi connectivity index (χ4n) is 2.22. The van der Waals surface area contributed by atoms with E-state index in [1.165, 1.54) is 0 Å². The van der Waals surface area contributed by atoms with Gasteiger partial charge in [-0.25, -0.2) is 0 Å². The molecule has 0 aliphatic heterocycles. The zero-order valence-corrected chi connectivity index (χ0v) is 11.8. The Morgan fingerprint density at radius 3 is 1.94 bits per heavy atom. The average Bonchev–Trinajstić information content (AvgIpc) is 2.21. The molecule has 1 atom stereocenters.